The Labute approximate surface area is 172 Å². The average Bonchev–Trinajstić information content (AvgIpc) is 3.12. The molecule has 1 unspecified atom stereocenters. The number of amides is 1. The van der Waals surface area contributed by atoms with Crippen molar-refractivity contribution in [3.8, 4) is 11.1 Å². The summed E-state index contributed by atoms with van der Waals surface area (Å²) in [6, 6.07) is 7.07. The minimum atomic E-state index is -4.74. The van der Waals surface area contributed by atoms with Crippen LogP contribution in [-0.2, 0) is 11.0 Å². The number of benzene rings is 1. The van der Waals surface area contributed by atoms with E-state index in [1.165, 1.54) is 24.1 Å². The van der Waals surface area contributed by atoms with Crippen molar-refractivity contribution in [2.45, 2.75) is 32.5 Å². The Morgan fingerprint density at radius 1 is 1.27 bits per heavy atom. The number of halogens is 3. The Morgan fingerprint density at radius 2 is 2.00 bits per heavy atom. The molecule has 1 atom stereocenters. The van der Waals surface area contributed by atoms with Gasteiger partial charge in [-0.15, -0.1) is 0 Å². The van der Waals surface area contributed by atoms with Crippen LogP contribution in [-0.4, -0.2) is 52.9 Å². The van der Waals surface area contributed by atoms with Crippen molar-refractivity contribution in [1.82, 2.24) is 9.88 Å². The summed E-state index contributed by atoms with van der Waals surface area (Å²) in [6.45, 7) is 3.27. The van der Waals surface area contributed by atoms with Gasteiger partial charge in [-0.3, -0.25) is 4.79 Å². The molecule has 0 bridgehead atoms. The molecular formula is C21H22F3N3O3. The summed E-state index contributed by atoms with van der Waals surface area (Å²) in [6.07, 6.45) is -4.46. The fourth-order valence-corrected chi connectivity index (χ4v) is 3.57. The molecule has 1 N–H and O–H groups in total. The minimum Gasteiger partial charge on any atom is -0.399 e. The van der Waals surface area contributed by atoms with Crippen LogP contribution in [0, 0.1) is 13.8 Å². The number of oxime groups is 1. The van der Waals surface area contributed by atoms with E-state index in [9.17, 15) is 23.1 Å². The predicted molar refractivity (Wildman–Crippen MR) is 105 cm³/mol. The first-order valence-electron chi connectivity index (χ1n) is 9.33. The van der Waals surface area contributed by atoms with E-state index in [-0.39, 0.29) is 30.8 Å². The molecule has 1 aromatic heterocycles. The monoisotopic (exact) mass is 421 g/mol. The third kappa shape index (κ3) is 4.16. The third-order valence-corrected chi connectivity index (χ3v) is 5.23. The zero-order chi connectivity index (χ0) is 22.1. The molecule has 2 heterocycles. The van der Waals surface area contributed by atoms with Crippen molar-refractivity contribution in [1.29, 1.82) is 0 Å². The molecule has 160 valence electrons. The summed E-state index contributed by atoms with van der Waals surface area (Å²) in [7, 11) is 1.36. The lowest BCUT2D eigenvalue weighted by Crippen LogP contribution is -2.38. The highest BCUT2D eigenvalue weighted by atomic mass is 19.4. The number of pyridine rings is 1. The van der Waals surface area contributed by atoms with E-state index < -0.39 is 23.8 Å². The van der Waals surface area contributed by atoms with Gasteiger partial charge in [-0.1, -0.05) is 23.4 Å². The highest BCUT2D eigenvalue weighted by Gasteiger charge is 2.39. The van der Waals surface area contributed by atoms with Gasteiger partial charge in [0, 0.05) is 12.0 Å². The van der Waals surface area contributed by atoms with Gasteiger partial charge in [0.1, 0.15) is 12.8 Å². The molecule has 0 saturated carbocycles. The van der Waals surface area contributed by atoms with E-state index in [4.69, 9.17) is 4.84 Å². The number of aromatic nitrogens is 1. The van der Waals surface area contributed by atoms with Crippen molar-refractivity contribution in [3.63, 3.8) is 0 Å². The third-order valence-electron chi connectivity index (χ3n) is 5.23. The molecule has 1 amide bonds. The second-order valence-corrected chi connectivity index (χ2v) is 7.15. The molecule has 1 aliphatic heterocycles. The van der Waals surface area contributed by atoms with Crippen LogP contribution in [0.5, 0.6) is 0 Å². The van der Waals surface area contributed by atoms with E-state index in [2.05, 4.69) is 10.1 Å². The van der Waals surface area contributed by atoms with Crippen LogP contribution in [0.4, 0.5) is 13.2 Å². The van der Waals surface area contributed by atoms with Gasteiger partial charge in [-0.2, -0.15) is 13.2 Å². The van der Waals surface area contributed by atoms with Gasteiger partial charge in [-0.05, 0) is 42.7 Å². The number of hydrogen-bond acceptors (Lipinski definition) is 5. The number of carbonyl (C=O) groups excluding carboxylic acids is 1. The molecule has 9 heteroatoms. The lowest BCUT2D eigenvalue weighted by molar-refractivity contribution is -0.140. The molecule has 1 aromatic carbocycles. The van der Waals surface area contributed by atoms with Crippen molar-refractivity contribution in [2.24, 2.45) is 5.16 Å². The maximum Gasteiger partial charge on any atom is 0.433 e. The van der Waals surface area contributed by atoms with Crippen LogP contribution in [0.2, 0.25) is 0 Å². The number of nitrogens with zero attached hydrogens (tertiary/aromatic N) is 3. The standard InChI is InChI=1S/C21H22F3N3O3/c1-12-5-4-6-16(13(12)2)17-7-8-18(25-19(17)21(22,23)24)20(29)27-10-14(26-30-3)9-15(27)11-28/h4-8,15,28H,9-11H2,1-3H3. The number of aryl methyl sites for hydroxylation is 1. The van der Waals surface area contributed by atoms with Gasteiger partial charge in [0.2, 0.25) is 0 Å². The number of aliphatic hydroxyl groups excluding tert-OH is 1. The molecular weight excluding hydrogens is 399 g/mol. The first-order valence-corrected chi connectivity index (χ1v) is 9.33. The Kier molecular flexibility index (Phi) is 6.12. The number of hydrogen-bond donors (Lipinski definition) is 1. The summed E-state index contributed by atoms with van der Waals surface area (Å²) < 4.78 is 41.5. The van der Waals surface area contributed by atoms with Gasteiger partial charge >= 0.3 is 6.18 Å². The fourth-order valence-electron chi connectivity index (χ4n) is 3.57. The van der Waals surface area contributed by atoms with Gasteiger partial charge in [0.25, 0.3) is 5.91 Å². The van der Waals surface area contributed by atoms with Crippen molar-refractivity contribution >= 4 is 11.6 Å². The van der Waals surface area contributed by atoms with E-state index in [0.29, 0.717) is 16.8 Å². The number of rotatable bonds is 4. The van der Waals surface area contributed by atoms with E-state index in [1.807, 2.05) is 13.0 Å². The number of aliphatic hydroxyl groups is 1. The first kappa shape index (κ1) is 21.8. The van der Waals surface area contributed by atoms with Crippen LogP contribution >= 0.6 is 0 Å². The largest absolute Gasteiger partial charge is 0.433 e. The molecule has 1 fully saturated rings. The van der Waals surface area contributed by atoms with Crippen molar-refractivity contribution in [2.75, 3.05) is 20.3 Å². The highest BCUT2D eigenvalue weighted by Crippen LogP contribution is 2.37. The van der Waals surface area contributed by atoms with Crippen LogP contribution in [0.3, 0.4) is 0 Å². The highest BCUT2D eigenvalue weighted by molar-refractivity contribution is 5.99. The minimum absolute atomic E-state index is 0.0552. The topological polar surface area (TPSA) is 75.0 Å². The maximum absolute atomic E-state index is 13.8. The molecule has 1 saturated heterocycles. The molecule has 0 aliphatic carbocycles. The number of likely N-dealkylation sites (tertiary alicyclic amines) is 1. The molecule has 30 heavy (non-hydrogen) atoms. The van der Waals surface area contributed by atoms with E-state index in [0.717, 1.165) is 5.56 Å². The lowest BCUT2D eigenvalue weighted by Gasteiger charge is -2.23. The molecule has 2 aromatic rings. The number of alkyl halides is 3. The van der Waals surface area contributed by atoms with Gasteiger partial charge in [0.05, 0.1) is 24.9 Å². The second kappa shape index (κ2) is 8.43. The molecule has 1 aliphatic rings. The summed E-state index contributed by atoms with van der Waals surface area (Å²) in [4.78, 5) is 22.6. The maximum atomic E-state index is 13.8. The second-order valence-electron chi connectivity index (χ2n) is 7.15. The number of carbonyl (C=O) groups is 1. The molecule has 3 rings (SSSR count). The molecule has 6 nitrogen and oxygen atoms in total. The van der Waals surface area contributed by atoms with Crippen LogP contribution in [0.1, 0.15) is 33.7 Å². The fraction of sp³-hybridized carbons (Fsp3) is 0.381. The van der Waals surface area contributed by atoms with Crippen molar-refractivity contribution < 1.29 is 27.9 Å². The van der Waals surface area contributed by atoms with Gasteiger partial charge in [0.15, 0.2) is 5.69 Å². The van der Waals surface area contributed by atoms with E-state index >= 15 is 0 Å². The van der Waals surface area contributed by atoms with Crippen LogP contribution in [0.15, 0.2) is 35.5 Å². The summed E-state index contributed by atoms with van der Waals surface area (Å²) in [5.41, 5.74) is 0.964. The average molecular weight is 421 g/mol. The van der Waals surface area contributed by atoms with Gasteiger partial charge in [-0.25, -0.2) is 4.98 Å². The van der Waals surface area contributed by atoms with E-state index in [1.54, 1.807) is 19.1 Å². The Hall–Kier alpha value is -2.94. The van der Waals surface area contributed by atoms with Crippen LogP contribution < -0.4 is 0 Å². The lowest BCUT2D eigenvalue weighted by atomic mass is 9.95. The summed E-state index contributed by atoms with van der Waals surface area (Å²) >= 11 is 0. The normalized spacial score (nSPS) is 18.2. The Bertz CT molecular complexity index is 989. The zero-order valence-corrected chi connectivity index (χ0v) is 16.8. The SMILES string of the molecule is CON=C1CC(CO)N(C(=O)c2ccc(-c3cccc(C)c3C)c(C(F)(F)F)n2)C1. The quantitative estimate of drug-likeness (QED) is 0.766. The molecule has 0 radical (unpaired) electrons. The molecule has 0 spiro atoms. The Morgan fingerprint density at radius 3 is 2.63 bits per heavy atom. The zero-order valence-electron chi connectivity index (χ0n) is 16.8. The first-order chi connectivity index (χ1) is 14.2. The summed E-state index contributed by atoms with van der Waals surface area (Å²) in [5.74, 6) is -0.701. The smallest absolute Gasteiger partial charge is 0.399 e. The summed E-state index contributed by atoms with van der Waals surface area (Å²) in [5, 5.41) is 13.3. The van der Waals surface area contributed by atoms with Crippen LogP contribution in [0.25, 0.3) is 11.1 Å². The van der Waals surface area contributed by atoms with Gasteiger partial charge < -0.3 is 14.8 Å². The van der Waals surface area contributed by atoms with Crippen molar-refractivity contribution in [3.05, 3.63) is 52.8 Å². The Balaban J connectivity index is 2.05. The predicted octanol–water partition coefficient (Wildman–Crippen LogP) is 3.59.